The Bertz CT molecular complexity index is 902. The quantitative estimate of drug-likeness (QED) is 0.360. The molecule has 0 saturated carbocycles. The van der Waals surface area contributed by atoms with Crippen LogP contribution < -0.4 is 24.0 Å². The maximum absolute atomic E-state index is 6.18. The van der Waals surface area contributed by atoms with Crippen LogP contribution in [0.3, 0.4) is 0 Å². The van der Waals surface area contributed by atoms with Crippen molar-refractivity contribution in [1.82, 2.24) is 0 Å². The highest BCUT2D eigenvalue weighted by molar-refractivity contribution is 5.72. The highest BCUT2D eigenvalue weighted by Gasteiger charge is 2.21. The van der Waals surface area contributed by atoms with Crippen molar-refractivity contribution in [1.29, 1.82) is 0 Å². The molecule has 2 aromatic carbocycles. The van der Waals surface area contributed by atoms with Crippen molar-refractivity contribution < 1.29 is 32.8 Å². The highest BCUT2D eigenvalue weighted by atomic mass is 127. The topological polar surface area (TPSA) is 24.4 Å². The van der Waals surface area contributed by atoms with Gasteiger partial charge in [-0.05, 0) is 43.3 Å². The zero-order valence-electron chi connectivity index (χ0n) is 13.8. The lowest BCUT2D eigenvalue weighted by Gasteiger charge is -1.99. The second-order valence-electron chi connectivity index (χ2n) is 5.72. The highest BCUT2D eigenvalue weighted by Crippen LogP contribution is 2.33. The van der Waals surface area contributed by atoms with E-state index in [2.05, 4.69) is 0 Å². The number of halogens is 1. The molecule has 0 unspecified atom stereocenters. The first kappa shape index (κ1) is 17.4. The molecule has 2 aromatic heterocycles. The van der Waals surface area contributed by atoms with Crippen molar-refractivity contribution in [3.05, 3.63) is 90.7 Å². The third-order valence-corrected chi connectivity index (χ3v) is 3.93. The molecule has 0 fully saturated rings. The fourth-order valence-electron chi connectivity index (χ4n) is 2.72. The van der Waals surface area contributed by atoms with Crippen molar-refractivity contribution in [2.24, 2.45) is 0 Å². The third kappa shape index (κ3) is 3.82. The lowest BCUT2D eigenvalue weighted by Crippen LogP contribution is -3.00. The average molecular weight is 440 g/mol. The molecule has 0 bridgehead atoms. The van der Waals surface area contributed by atoms with Gasteiger partial charge in [0.15, 0.2) is 0 Å². The van der Waals surface area contributed by atoms with Gasteiger partial charge in [-0.3, -0.25) is 0 Å². The van der Waals surface area contributed by atoms with Crippen molar-refractivity contribution in [2.75, 3.05) is 0 Å². The predicted molar refractivity (Wildman–Crippen MR) is 96.4 cm³/mol. The van der Waals surface area contributed by atoms with Crippen LogP contribution in [0.5, 0.6) is 0 Å². The van der Waals surface area contributed by atoms with E-state index in [-0.39, 0.29) is 24.0 Å². The number of furan rings is 1. The fraction of sp³-hybridized carbons (Fsp3) is 0.0455. The second kappa shape index (κ2) is 7.66. The van der Waals surface area contributed by atoms with Crippen LogP contribution >= 0.6 is 0 Å². The summed E-state index contributed by atoms with van der Waals surface area (Å²) in [6, 6.07) is 28.3. The van der Waals surface area contributed by atoms with E-state index < -0.39 is 0 Å². The van der Waals surface area contributed by atoms with E-state index in [4.69, 9.17) is 8.83 Å². The zero-order valence-corrected chi connectivity index (χ0v) is 15.9. The molecule has 2 heterocycles. The van der Waals surface area contributed by atoms with E-state index in [1.807, 2.05) is 91.9 Å². The van der Waals surface area contributed by atoms with Gasteiger partial charge in [-0.2, -0.15) is 0 Å². The Morgan fingerprint density at radius 2 is 1.16 bits per heavy atom. The van der Waals surface area contributed by atoms with E-state index in [0.29, 0.717) is 0 Å². The smallest absolute Gasteiger partial charge is 0.361 e. The molecule has 0 atom stereocenters. The van der Waals surface area contributed by atoms with E-state index in [0.717, 1.165) is 39.7 Å². The van der Waals surface area contributed by atoms with Crippen molar-refractivity contribution in [3.63, 3.8) is 0 Å². The Kier molecular flexibility index (Phi) is 5.34. The van der Waals surface area contributed by atoms with E-state index in [1.54, 1.807) is 0 Å². The van der Waals surface area contributed by atoms with Crippen molar-refractivity contribution in [3.8, 4) is 34.0 Å². The van der Waals surface area contributed by atoms with Gasteiger partial charge in [-0.25, -0.2) is 4.42 Å². The average Bonchev–Trinajstić information content (AvgIpc) is 3.09. The first-order chi connectivity index (χ1) is 11.8. The van der Waals surface area contributed by atoms with Gasteiger partial charge >= 0.3 is 11.5 Å². The van der Waals surface area contributed by atoms with Crippen LogP contribution in [0.15, 0.2) is 93.8 Å². The molecule has 0 aliphatic carbocycles. The molecule has 0 spiro atoms. The first-order valence-electron chi connectivity index (χ1n) is 7.95. The van der Waals surface area contributed by atoms with Crippen molar-refractivity contribution >= 4 is 0 Å². The molecular weight excluding hydrogens is 423 g/mol. The lowest BCUT2D eigenvalue weighted by atomic mass is 10.1. The normalized spacial score (nSPS) is 10.3. The molecule has 3 heteroatoms. The Balaban J connectivity index is 0.00000182. The van der Waals surface area contributed by atoms with Crippen LogP contribution in [0.1, 0.15) is 5.76 Å². The summed E-state index contributed by atoms with van der Waals surface area (Å²) >= 11 is 0. The second-order valence-corrected chi connectivity index (χ2v) is 5.72. The minimum Gasteiger partial charge on any atom is -1.00 e. The van der Waals surface area contributed by atoms with E-state index in [9.17, 15) is 0 Å². The standard InChI is InChI=1S/C22H17O2.HI/c1-16-12-13-20(23-16)19-14-21(17-8-4-2-5-9-17)24-22(15-19)18-10-6-3-7-11-18;/h2-15H,1H3;1H/q+1;/p-1. The molecule has 0 N–H and O–H groups in total. The molecule has 4 rings (SSSR count). The van der Waals surface area contributed by atoms with Gasteiger partial charge in [0.25, 0.3) is 0 Å². The van der Waals surface area contributed by atoms with Crippen LogP contribution in [0.2, 0.25) is 0 Å². The van der Waals surface area contributed by atoms with Gasteiger partial charge in [-0.1, -0.05) is 36.4 Å². The van der Waals surface area contributed by atoms with E-state index >= 15 is 0 Å². The van der Waals surface area contributed by atoms with Gasteiger partial charge in [0, 0.05) is 5.56 Å². The maximum Gasteiger partial charge on any atom is 0.361 e. The summed E-state index contributed by atoms with van der Waals surface area (Å²) in [5.41, 5.74) is 3.09. The summed E-state index contributed by atoms with van der Waals surface area (Å²) in [5.74, 6) is 3.38. The molecule has 0 aliphatic heterocycles. The molecule has 0 aliphatic rings. The summed E-state index contributed by atoms with van der Waals surface area (Å²) < 4.78 is 12.0. The van der Waals surface area contributed by atoms with Gasteiger partial charge in [0.1, 0.15) is 11.5 Å². The monoisotopic (exact) mass is 440 g/mol. The molecule has 0 amide bonds. The number of rotatable bonds is 3. The molecule has 25 heavy (non-hydrogen) atoms. The van der Waals surface area contributed by atoms with Gasteiger partial charge < -0.3 is 28.4 Å². The van der Waals surface area contributed by atoms with Gasteiger partial charge in [0.2, 0.25) is 0 Å². The first-order valence-corrected chi connectivity index (χ1v) is 7.95. The molecule has 4 aromatic rings. The van der Waals surface area contributed by atoms with Crippen LogP contribution in [0.25, 0.3) is 34.0 Å². The summed E-state index contributed by atoms with van der Waals surface area (Å²) in [6.07, 6.45) is 0. The number of hydrogen-bond acceptors (Lipinski definition) is 1. The Morgan fingerprint density at radius 3 is 1.60 bits per heavy atom. The SMILES string of the molecule is Cc1ccc(-c2cc(-c3ccccc3)[o+]c(-c3ccccc3)c2)o1.[I-]. The number of benzene rings is 2. The van der Waals surface area contributed by atoms with Crippen LogP contribution in [-0.2, 0) is 0 Å². The maximum atomic E-state index is 6.18. The minimum atomic E-state index is 0. The van der Waals surface area contributed by atoms with Crippen LogP contribution in [0.4, 0.5) is 0 Å². The lowest BCUT2D eigenvalue weighted by molar-refractivity contribution is -0.00000584. The van der Waals surface area contributed by atoms with E-state index in [1.165, 1.54) is 0 Å². The number of hydrogen-bond donors (Lipinski definition) is 0. The third-order valence-electron chi connectivity index (χ3n) is 3.93. The zero-order chi connectivity index (χ0) is 16.4. The van der Waals surface area contributed by atoms with Gasteiger partial charge in [0.05, 0.1) is 23.3 Å². The molecule has 124 valence electrons. The minimum absolute atomic E-state index is 0. The molecule has 2 nitrogen and oxygen atoms in total. The molecule has 0 saturated heterocycles. The van der Waals surface area contributed by atoms with Crippen molar-refractivity contribution in [2.45, 2.75) is 6.92 Å². The fourth-order valence-corrected chi connectivity index (χ4v) is 2.72. The summed E-state index contributed by atoms with van der Waals surface area (Å²) in [5, 5.41) is 0. The van der Waals surface area contributed by atoms with Crippen LogP contribution in [-0.4, -0.2) is 0 Å². The summed E-state index contributed by atoms with van der Waals surface area (Å²) in [6.45, 7) is 1.95. The Morgan fingerprint density at radius 1 is 0.640 bits per heavy atom. The van der Waals surface area contributed by atoms with Gasteiger partial charge in [-0.15, -0.1) is 0 Å². The molecule has 0 radical (unpaired) electrons. The Labute approximate surface area is 164 Å². The Hall–Kier alpha value is -2.40. The molecular formula is C22H17IO2. The summed E-state index contributed by atoms with van der Waals surface area (Å²) in [7, 11) is 0. The largest absolute Gasteiger partial charge is 1.00 e. The predicted octanol–water partition coefficient (Wildman–Crippen LogP) is 3.47. The van der Waals surface area contributed by atoms with Crippen LogP contribution in [0, 0.1) is 6.92 Å². The number of aryl methyl sites for hydroxylation is 1. The summed E-state index contributed by atoms with van der Waals surface area (Å²) in [4.78, 5) is 0.